The van der Waals surface area contributed by atoms with E-state index in [1.165, 1.54) is 29.0 Å². The van der Waals surface area contributed by atoms with Gasteiger partial charge in [-0.2, -0.15) is 0 Å². The normalized spacial score (nSPS) is 18.2. The molecule has 29 heavy (non-hydrogen) atoms. The van der Waals surface area contributed by atoms with Gasteiger partial charge >= 0.3 is 0 Å². The fourth-order valence-corrected chi connectivity index (χ4v) is 4.13. The first-order chi connectivity index (χ1) is 13.9. The highest BCUT2D eigenvalue weighted by molar-refractivity contribution is 6.30. The number of hydrogen-bond acceptors (Lipinski definition) is 4. The minimum atomic E-state index is -0.894. The van der Waals surface area contributed by atoms with E-state index in [4.69, 9.17) is 11.6 Å². The Kier molecular flexibility index (Phi) is 5.04. The first-order valence-corrected chi connectivity index (χ1v) is 9.74. The van der Waals surface area contributed by atoms with Crippen molar-refractivity contribution in [2.75, 3.05) is 6.54 Å². The molecule has 0 radical (unpaired) electrons. The predicted molar refractivity (Wildman–Crippen MR) is 104 cm³/mol. The van der Waals surface area contributed by atoms with E-state index in [9.17, 15) is 23.9 Å². The summed E-state index contributed by atoms with van der Waals surface area (Å²) in [6, 6.07) is 4.02. The molecule has 4 rings (SSSR count). The number of hydrogen-bond donors (Lipinski definition) is 2. The number of carbonyl (C=O) groups excluding carboxylic acids is 2. The zero-order chi connectivity index (χ0) is 20.7. The summed E-state index contributed by atoms with van der Waals surface area (Å²) in [4.78, 5) is 39.5. The fraction of sp³-hybridized carbons (Fsp3) is 0.350. The summed E-state index contributed by atoms with van der Waals surface area (Å²) >= 11 is 5.73. The van der Waals surface area contributed by atoms with Gasteiger partial charge in [0, 0.05) is 31.9 Å². The van der Waals surface area contributed by atoms with Crippen molar-refractivity contribution in [1.82, 2.24) is 14.8 Å². The molecule has 0 aliphatic carbocycles. The number of rotatable bonds is 3. The number of nitrogens with one attached hydrogen (secondary N) is 1. The van der Waals surface area contributed by atoms with Gasteiger partial charge in [0.1, 0.15) is 11.4 Å². The second-order valence-corrected chi connectivity index (χ2v) is 7.71. The Balaban J connectivity index is 1.60. The highest BCUT2D eigenvalue weighted by atomic mass is 35.5. The van der Waals surface area contributed by atoms with E-state index in [1.54, 1.807) is 4.90 Å². The number of amides is 2. The topological polar surface area (TPSA) is 91.6 Å². The van der Waals surface area contributed by atoms with Gasteiger partial charge < -0.3 is 19.9 Å². The molecule has 1 aromatic carbocycles. The number of pyridine rings is 1. The van der Waals surface area contributed by atoms with Crippen molar-refractivity contribution in [3.8, 4) is 5.75 Å². The summed E-state index contributed by atoms with van der Waals surface area (Å²) in [5.74, 6) is -2.36. The summed E-state index contributed by atoms with van der Waals surface area (Å²) in [5, 5.41) is 12.9. The minimum Gasteiger partial charge on any atom is -0.503 e. The lowest BCUT2D eigenvalue weighted by Crippen LogP contribution is -2.51. The average molecular weight is 420 g/mol. The molecular formula is C20H19ClFN3O4. The molecule has 0 bridgehead atoms. The van der Waals surface area contributed by atoms with Crippen LogP contribution in [0.4, 0.5) is 4.39 Å². The first kappa shape index (κ1) is 19.4. The second-order valence-electron chi connectivity index (χ2n) is 7.30. The minimum absolute atomic E-state index is 0.0112. The van der Waals surface area contributed by atoms with Crippen LogP contribution in [-0.2, 0) is 13.1 Å². The van der Waals surface area contributed by atoms with Crippen LogP contribution in [0.1, 0.15) is 45.7 Å². The summed E-state index contributed by atoms with van der Waals surface area (Å²) in [7, 11) is 0. The predicted octanol–water partition coefficient (Wildman–Crippen LogP) is 2.28. The van der Waals surface area contributed by atoms with E-state index in [2.05, 4.69) is 5.32 Å². The SMILES string of the molecule is O=C(NCc1ccc(F)c(Cl)c1)c1cn2c(c(O)c1=O)C(=O)N1CCCCC1C2. The molecule has 0 spiro atoms. The molecule has 2 aromatic rings. The number of nitrogens with zero attached hydrogens (tertiary/aromatic N) is 2. The zero-order valence-electron chi connectivity index (χ0n) is 15.5. The highest BCUT2D eigenvalue weighted by Gasteiger charge is 2.37. The van der Waals surface area contributed by atoms with Crippen molar-refractivity contribution >= 4 is 23.4 Å². The number of halogens is 2. The van der Waals surface area contributed by atoms with Gasteiger partial charge in [-0.25, -0.2) is 4.39 Å². The zero-order valence-corrected chi connectivity index (χ0v) is 16.2. The van der Waals surface area contributed by atoms with Crippen molar-refractivity contribution in [3.63, 3.8) is 0 Å². The van der Waals surface area contributed by atoms with Crippen LogP contribution in [0.2, 0.25) is 5.02 Å². The first-order valence-electron chi connectivity index (χ1n) is 9.36. The van der Waals surface area contributed by atoms with Crippen molar-refractivity contribution in [2.45, 2.75) is 38.4 Å². The van der Waals surface area contributed by atoms with Gasteiger partial charge in [0.15, 0.2) is 11.4 Å². The van der Waals surface area contributed by atoms with Crippen LogP contribution in [0.25, 0.3) is 0 Å². The van der Waals surface area contributed by atoms with Crippen molar-refractivity contribution in [1.29, 1.82) is 0 Å². The molecule has 2 N–H and O–H groups in total. The molecular weight excluding hydrogens is 401 g/mol. The molecule has 2 aliphatic heterocycles. The Morgan fingerprint density at radius 3 is 2.86 bits per heavy atom. The summed E-state index contributed by atoms with van der Waals surface area (Å²) in [6.07, 6.45) is 4.06. The molecule has 1 aromatic heterocycles. The van der Waals surface area contributed by atoms with Crippen LogP contribution in [0.15, 0.2) is 29.2 Å². The van der Waals surface area contributed by atoms with E-state index in [0.717, 1.165) is 19.3 Å². The molecule has 1 unspecified atom stereocenters. The van der Waals surface area contributed by atoms with Gasteiger partial charge in [0.05, 0.1) is 5.02 Å². The number of fused-ring (bicyclic) bond motifs is 2. The average Bonchev–Trinajstić information content (AvgIpc) is 2.71. The van der Waals surface area contributed by atoms with Crippen LogP contribution in [0.5, 0.6) is 5.75 Å². The summed E-state index contributed by atoms with van der Waals surface area (Å²) in [6.45, 7) is 1.04. The molecule has 7 nitrogen and oxygen atoms in total. The van der Waals surface area contributed by atoms with Gasteiger partial charge in [-0.1, -0.05) is 17.7 Å². The fourth-order valence-electron chi connectivity index (χ4n) is 3.93. The van der Waals surface area contributed by atoms with E-state index in [1.807, 2.05) is 0 Å². The lowest BCUT2D eigenvalue weighted by atomic mass is 9.98. The van der Waals surface area contributed by atoms with Crippen molar-refractivity contribution < 1.29 is 19.1 Å². The highest BCUT2D eigenvalue weighted by Crippen LogP contribution is 2.28. The van der Waals surface area contributed by atoms with Crippen LogP contribution in [0.3, 0.4) is 0 Å². The van der Waals surface area contributed by atoms with Crippen LogP contribution in [-0.4, -0.2) is 39.0 Å². The third-order valence-corrected chi connectivity index (χ3v) is 5.73. The Labute approximate surface area is 170 Å². The summed E-state index contributed by atoms with van der Waals surface area (Å²) < 4.78 is 14.7. The monoisotopic (exact) mass is 419 g/mol. The van der Waals surface area contributed by atoms with Crippen LogP contribution >= 0.6 is 11.6 Å². The van der Waals surface area contributed by atoms with E-state index >= 15 is 0 Å². The van der Waals surface area contributed by atoms with Gasteiger partial charge in [0.2, 0.25) is 5.43 Å². The maximum atomic E-state index is 13.2. The van der Waals surface area contributed by atoms with Gasteiger partial charge in [-0.15, -0.1) is 0 Å². The molecule has 2 amide bonds. The van der Waals surface area contributed by atoms with Gasteiger partial charge in [0.25, 0.3) is 11.8 Å². The van der Waals surface area contributed by atoms with E-state index in [0.29, 0.717) is 18.7 Å². The summed E-state index contributed by atoms with van der Waals surface area (Å²) in [5.41, 5.74) is -0.665. The number of piperidine rings is 1. The third kappa shape index (κ3) is 3.48. The molecule has 152 valence electrons. The lowest BCUT2D eigenvalue weighted by Gasteiger charge is -2.40. The second kappa shape index (κ2) is 7.51. The smallest absolute Gasteiger partial charge is 0.274 e. The van der Waals surface area contributed by atoms with E-state index in [-0.39, 0.29) is 34.8 Å². The Morgan fingerprint density at radius 2 is 2.10 bits per heavy atom. The standard InChI is InChI=1S/C20H19ClFN3O4/c21-14-7-11(4-5-15(14)22)8-23-19(28)13-10-24-9-12-3-1-2-6-25(12)20(29)16(24)18(27)17(13)26/h4-5,7,10,12,27H,1-3,6,8-9H2,(H,23,28). The molecule has 1 saturated heterocycles. The maximum absolute atomic E-state index is 13.2. The quantitative estimate of drug-likeness (QED) is 0.798. The largest absolute Gasteiger partial charge is 0.503 e. The Morgan fingerprint density at radius 1 is 1.31 bits per heavy atom. The number of carbonyl (C=O) groups is 2. The Bertz CT molecular complexity index is 1070. The number of aromatic hydroxyl groups is 1. The van der Waals surface area contributed by atoms with Crippen molar-refractivity contribution in [3.05, 3.63) is 62.3 Å². The van der Waals surface area contributed by atoms with Gasteiger partial charge in [-0.3, -0.25) is 14.4 Å². The number of aromatic nitrogens is 1. The van der Waals surface area contributed by atoms with Crippen molar-refractivity contribution in [2.24, 2.45) is 0 Å². The molecule has 9 heteroatoms. The maximum Gasteiger partial charge on any atom is 0.274 e. The third-order valence-electron chi connectivity index (χ3n) is 5.44. The van der Waals surface area contributed by atoms with Crippen LogP contribution in [0, 0.1) is 5.82 Å². The lowest BCUT2D eigenvalue weighted by molar-refractivity contribution is 0.0504. The Hall–Kier alpha value is -2.87. The molecule has 3 heterocycles. The number of benzene rings is 1. The molecule has 1 atom stereocenters. The van der Waals surface area contributed by atoms with Gasteiger partial charge in [-0.05, 0) is 37.0 Å². The molecule has 0 saturated carbocycles. The van der Waals surface area contributed by atoms with Crippen LogP contribution < -0.4 is 10.7 Å². The molecule has 2 aliphatic rings. The molecule has 1 fully saturated rings. The van der Waals surface area contributed by atoms with E-state index < -0.39 is 22.9 Å².